The molecule has 0 unspecified atom stereocenters. The average Bonchev–Trinajstić information content (AvgIpc) is 3.59. The van der Waals surface area contributed by atoms with Gasteiger partial charge in [0.15, 0.2) is 11.9 Å². The summed E-state index contributed by atoms with van der Waals surface area (Å²) in [6.45, 7) is 2.98. The maximum atomic E-state index is 13.8. The Morgan fingerprint density at radius 3 is 1.80 bits per heavy atom. The van der Waals surface area contributed by atoms with Crippen LogP contribution in [0.5, 0.6) is 5.75 Å². The topological polar surface area (TPSA) is 374 Å². The Balaban J connectivity index is 1.81. The second kappa shape index (κ2) is 22.7. The number of rotatable bonds is 23. The van der Waals surface area contributed by atoms with Crippen LogP contribution in [0.4, 0.5) is 0 Å². The van der Waals surface area contributed by atoms with Crippen molar-refractivity contribution >= 4 is 58.3 Å². The van der Waals surface area contributed by atoms with Gasteiger partial charge in [-0.25, -0.2) is 0 Å². The van der Waals surface area contributed by atoms with E-state index in [1.807, 2.05) is 24.3 Å². The third kappa shape index (κ3) is 15.5. The molecule has 0 saturated carbocycles. The number of nitrogens with one attached hydrogen (secondary N) is 6. The van der Waals surface area contributed by atoms with Gasteiger partial charge in [0.2, 0.25) is 29.5 Å². The van der Waals surface area contributed by atoms with Crippen molar-refractivity contribution in [1.29, 1.82) is 0 Å². The smallest absolute Gasteiger partial charge is 0.325 e. The number of aromatic amines is 1. The number of hydrogen-bond acceptors (Lipinski definition) is 10. The Kier molecular flexibility index (Phi) is 17.9. The first kappa shape index (κ1) is 46.5. The van der Waals surface area contributed by atoms with E-state index in [0.717, 1.165) is 10.9 Å². The number of aliphatic imine (C=N–C) groups is 2. The van der Waals surface area contributed by atoms with Crippen LogP contribution in [0.15, 0.2) is 64.7 Å². The summed E-state index contributed by atoms with van der Waals surface area (Å²) in [5.74, 6) is -5.36. The lowest BCUT2D eigenvalue weighted by Crippen LogP contribution is -2.59. The van der Waals surface area contributed by atoms with Crippen LogP contribution in [0.3, 0.4) is 0 Å². The Bertz CT molecular complexity index is 1980. The van der Waals surface area contributed by atoms with Crippen LogP contribution < -0.4 is 55.3 Å². The molecule has 3 rings (SSSR count). The Morgan fingerprint density at radius 2 is 1.19 bits per heavy atom. The summed E-state index contributed by atoms with van der Waals surface area (Å²) in [6.07, 6.45) is 2.43. The minimum Gasteiger partial charge on any atom is -0.508 e. The van der Waals surface area contributed by atoms with Crippen molar-refractivity contribution in [2.75, 3.05) is 13.1 Å². The van der Waals surface area contributed by atoms with Crippen molar-refractivity contribution in [3.8, 4) is 5.75 Å². The van der Waals surface area contributed by atoms with E-state index in [2.05, 4.69) is 41.6 Å². The summed E-state index contributed by atoms with van der Waals surface area (Å²) in [4.78, 5) is 90.2. The number of phenolic OH excluding ortho intramolecular Hbond substituents is 1. The van der Waals surface area contributed by atoms with Gasteiger partial charge in [-0.1, -0.05) is 30.3 Å². The number of aromatic hydroxyl groups is 1. The normalized spacial score (nSPS) is 13.9. The van der Waals surface area contributed by atoms with Gasteiger partial charge in [-0.2, -0.15) is 0 Å². The van der Waals surface area contributed by atoms with Crippen molar-refractivity contribution in [2.45, 2.75) is 88.6 Å². The van der Waals surface area contributed by atoms with Gasteiger partial charge in [-0.15, -0.1) is 0 Å². The van der Waals surface area contributed by atoms with Gasteiger partial charge >= 0.3 is 5.97 Å². The van der Waals surface area contributed by atoms with Crippen LogP contribution in [0.1, 0.15) is 50.7 Å². The fraction of sp³-hybridized carbons (Fsp3) is 0.421. The van der Waals surface area contributed by atoms with Crippen LogP contribution in [0.2, 0.25) is 0 Å². The van der Waals surface area contributed by atoms with Crippen LogP contribution in [-0.4, -0.2) is 112 Å². The number of hydrogen-bond donors (Lipinski definition) is 13. The molecule has 59 heavy (non-hydrogen) atoms. The zero-order valence-corrected chi connectivity index (χ0v) is 32.9. The van der Waals surface area contributed by atoms with Gasteiger partial charge < -0.3 is 70.4 Å². The lowest BCUT2D eigenvalue weighted by molar-refractivity contribution is -0.141. The van der Waals surface area contributed by atoms with E-state index >= 15 is 0 Å². The predicted octanol–water partition coefficient (Wildman–Crippen LogP) is -2.36. The highest BCUT2D eigenvalue weighted by molar-refractivity contribution is 5.96. The molecule has 0 aliphatic carbocycles. The summed E-state index contributed by atoms with van der Waals surface area (Å²) in [5.41, 5.74) is 29.8. The van der Waals surface area contributed by atoms with E-state index in [9.17, 15) is 39.0 Å². The maximum absolute atomic E-state index is 13.8. The van der Waals surface area contributed by atoms with E-state index in [1.165, 1.54) is 38.1 Å². The number of aromatic nitrogens is 1. The number of nitrogens with zero attached hydrogens (tertiary/aromatic N) is 2. The molecule has 0 aliphatic rings. The fourth-order valence-electron chi connectivity index (χ4n) is 5.83. The number of carboxylic acid groups (broad SMARTS) is 1. The highest BCUT2D eigenvalue weighted by atomic mass is 16.4. The van der Waals surface area contributed by atoms with Crippen molar-refractivity contribution in [3.05, 3.63) is 65.9 Å². The molecule has 0 bridgehead atoms. The average molecular weight is 822 g/mol. The Morgan fingerprint density at radius 1 is 0.661 bits per heavy atom. The molecule has 6 atom stereocenters. The molecule has 320 valence electrons. The number of H-pyrrole nitrogens is 1. The molecule has 2 aromatic carbocycles. The van der Waals surface area contributed by atoms with Crippen LogP contribution >= 0.6 is 0 Å². The molecule has 0 saturated heterocycles. The number of carbonyl (C=O) groups is 6. The molecule has 1 heterocycles. The molecule has 3 aromatic rings. The van der Waals surface area contributed by atoms with E-state index < -0.39 is 71.8 Å². The molecule has 0 spiro atoms. The minimum atomic E-state index is -1.31. The Labute approximate surface area is 340 Å². The monoisotopic (exact) mass is 821 g/mol. The number of fused-ring (bicyclic) bond motifs is 1. The highest BCUT2D eigenvalue weighted by Gasteiger charge is 2.31. The first-order valence-corrected chi connectivity index (χ1v) is 18.9. The first-order valence-electron chi connectivity index (χ1n) is 18.9. The van der Waals surface area contributed by atoms with Gasteiger partial charge in [-0.3, -0.25) is 38.8 Å². The van der Waals surface area contributed by atoms with Gasteiger partial charge in [0.05, 0.1) is 6.04 Å². The van der Waals surface area contributed by atoms with Crippen LogP contribution in [0, 0.1) is 0 Å². The van der Waals surface area contributed by atoms with Gasteiger partial charge in [0.25, 0.3) is 0 Å². The molecule has 0 aliphatic heterocycles. The van der Waals surface area contributed by atoms with E-state index in [1.54, 1.807) is 6.20 Å². The van der Waals surface area contributed by atoms with Crippen molar-refractivity contribution in [2.24, 2.45) is 38.7 Å². The number of para-hydroxylation sites is 1. The molecule has 0 fully saturated rings. The number of benzene rings is 2. The predicted molar refractivity (Wildman–Crippen MR) is 220 cm³/mol. The highest BCUT2D eigenvalue weighted by Crippen LogP contribution is 2.19. The quantitative estimate of drug-likeness (QED) is 0.0271. The molecule has 5 amide bonds. The summed E-state index contributed by atoms with van der Waals surface area (Å²) in [6, 6.07) is 5.86. The molecular formula is C38H55N13O8. The number of carboxylic acids is 1. The van der Waals surface area contributed by atoms with Gasteiger partial charge in [0, 0.05) is 43.0 Å². The van der Waals surface area contributed by atoms with E-state index in [4.69, 9.17) is 28.7 Å². The van der Waals surface area contributed by atoms with E-state index in [-0.39, 0.29) is 62.9 Å². The summed E-state index contributed by atoms with van der Waals surface area (Å²) in [5, 5.41) is 32.8. The molecule has 0 radical (unpaired) electrons. The molecule has 21 heteroatoms. The zero-order valence-electron chi connectivity index (χ0n) is 32.9. The van der Waals surface area contributed by atoms with Crippen molar-refractivity contribution in [1.82, 2.24) is 31.6 Å². The SMILES string of the molecule is C[C@H](NC(=O)[C@H](Cc1ccc(O)cc1)NC(=O)[C@H](CCCN=C(N)N)NC(=O)[C@H](C)NC(=O)[C@H](Cc1c[nH]c2ccccc12)NC(=O)[C@@H](N)CCCN=C(N)N)C(=O)O. The van der Waals surface area contributed by atoms with Crippen LogP contribution in [-0.2, 0) is 41.6 Å². The number of carbonyl (C=O) groups excluding carboxylic acids is 5. The lowest BCUT2D eigenvalue weighted by Gasteiger charge is -2.26. The Hall–Kier alpha value is -6.90. The summed E-state index contributed by atoms with van der Waals surface area (Å²) >= 11 is 0. The second-order valence-electron chi connectivity index (χ2n) is 13.9. The van der Waals surface area contributed by atoms with Crippen molar-refractivity contribution < 1.29 is 39.0 Å². The molecule has 18 N–H and O–H groups in total. The molecular weight excluding hydrogens is 767 g/mol. The largest absolute Gasteiger partial charge is 0.508 e. The number of aliphatic carboxylic acids is 1. The molecule has 1 aromatic heterocycles. The summed E-state index contributed by atoms with van der Waals surface area (Å²) < 4.78 is 0. The van der Waals surface area contributed by atoms with Gasteiger partial charge in [-0.05, 0) is 68.9 Å². The summed E-state index contributed by atoms with van der Waals surface area (Å²) in [7, 11) is 0. The van der Waals surface area contributed by atoms with Gasteiger partial charge in [0.1, 0.15) is 36.0 Å². The minimum absolute atomic E-state index is 0.0194. The lowest BCUT2D eigenvalue weighted by atomic mass is 10.0. The third-order valence-electron chi connectivity index (χ3n) is 9.10. The number of nitrogens with two attached hydrogens (primary N) is 5. The van der Waals surface area contributed by atoms with E-state index in [0.29, 0.717) is 17.5 Å². The van der Waals surface area contributed by atoms with Crippen molar-refractivity contribution in [3.63, 3.8) is 0 Å². The number of phenols is 1. The maximum Gasteiger partial charge on any atom is 0.325 e. The molecule has 21 nitrogen and oxygen atoms in total. The standard InChI is InChI=1S/C38H55N13O8/c1-20(47-35(57)30(18-23-19-46-27-9-4-3-7-25(23)27)50-32(54)26(39)8-5-15-44-37(40)41)31(53)49-28(10-6-16-45-38(42)43)33(55)51-29(34(56)48-21(2)36(58)59)17-22-11-13-24(52)14-12-22/h3-4,7,9,11-14,19-21,26,28-30,46,52H,5-6,8,10,15-18,39H2,1-2H3,(H,47,57)(H,48,56)(H,49,53)(H,50,54)(H,51,55)(H,58,59)(H4,40,41,44)(H4,42,43,45)/t20-,21-,26-,28-,29-,30-/m0/s1. The number of guanidine groups is 2. The zero-order chi connectivity index (χ0) is 43.6. The van der Waals surface area contributed by atoms with Crippen LogP contribution in [0.25, 0.3) is 10.9 Å². The third-order valence-corrected chi connectivity index (χ3v) is 9.10. The number of amides is 5. The second-order valence-corrected chi connectivity index (χ2v) is 13.9. The first-order chi connectivity index (χ1) is 27.9. The fourth-order valence-corrected chi connectivity index (χ4v) is 5.83.